The summed E-state index contributed by atoms with van der Waals surface area (Å²) < 4.78 is 14.9. The van der Waals surface area contributed by atoms with Gasteiger partial charge >= 0.3 is 29.6 Å². The van der Waals surface area contributed by atoms with Crippen LogP contribution < -0.4 is 45.5 Å². The number of carboxylic acids is 1. The average Bonchev–Trinajstić information content (AvgIpc) is 3.11. The van der Waals surface area contributed by atoms with Crippen molar-refractivity contribution in [2.45, 2.75) is 116 Å². The number of unbranched alkanes of at least 4 members (excludes halogenated alkanes) is 11. The molecule has 53 heavy (non-hydrogen) atoms. The Hall–Kier alpha value is -3.38. The molecule has 0 fully saturated rings. The molecule has 3 aromatic rings. The molecule has 12 heteroatoms. The number of aliphatic carboxylic acids is 1. The quantitative estimate of drug-likeness (QED) is 0.0772. The molecule has 0 radical (unpaired) electrons. The van der Waals surface area contributed by atoms with E-state index >= 15 is 0 Å². The van der Waals surface area contributed by atoms with Gasteiger partial charge in [0.25, 0.3) is 11.5 Å². The van der Waals surface area contributed by atoms with Crippen molar-refractivity contribution in [3.05, 3.63) is 87.1 Å². The number of hydrogen-bond donors (Lipinski definition) is 2. The summed E-state index contributed by atoms with van der Waals surface area (Å²) >= 11 is 0. The van der Waals surface area contributed by atoms with Crippen molar-refractivity contribution in [2.75, 3.05) is 27.2 Å². The van der Waals surface area contributed by atoms with Crippen LogP contribution in [0.3, 0.4) is 0 Å². The monoisotopic (exact) mass is 742 g/mol. The maximum Gasteiger partial charge on any atom is 1.00 e. The first-order valence-corrected chi connectivity index (χ1v) is 18.8. The van der Waals surface area contributed by atoms with Gasteiger partial charge in [0.1, 0.15) is 17.9 Å². The SMILES string of the molecule is CN(C)C(=O)Cn1c(=O)c(C(=O)NCCCO)c(CCCCCCCC/C=C\CCCCCCCC(=O)[O-])c2ncc(Cc3ccc(F)cc3)cc21.[Na+]. The Balaban J connectivity index is 0.00000972. The molecule has 0 saturated heterocycles. The summed E-state index contributed by atoms with van der Waals surface area (Å²) in [5, 5.41) is 22.5. The van der Waals surface area contributed by atoms with E-state index in [-0.39, 0.29) is 73.0 Å². The molecule has 0 unspecified atom stereocenters. The Labute approximate surface area is 335 Å². The number of carbonyl (C=O) groups is 3. The van der Waals surface area contributed by atoms with Crippen molar-refractivity contribution < 1.29 is 58.5 Å². The number of halogens is 1. The molecule has 0 saturated carbocycles. The first kappa shape index (κ1) is 45.8. The van der Waals surface area contributed by atoms with Gasteiger partial charge < -0.3 is 25.2 Å². The largest absolute Gasteiger partial charge is 1.00 e. The van der Waals surface area contributed by atoms with Crippen molar-refractivity contribution in [1.82, 2.24) is 19.8 Å². The third-order valence-corrected chi connectivity index (χ3v) is 9.19. The van der Waals surface area contributed by atoms with E-state index in [4.69, 9.17) is 4.98 Å². The molecule has 10 nitrogen and oxygen atoms in total. The molecule has 3 rings (SSSR count). The molecule has 2 aromatic heterocycles. The van der Waals surface area contributed by atoms with E-state index in [1.165, 1.54) is 21.6 Å². The summed E-state index contributed by atoms with van der Waals surface area (Å²) in [6.45, 7) is -0.153. The van der Waals surface area contributed by atoms with E-state index < -0.39 is 17.4 Å². The van der Waals surface area contributed by atoms with Gasteiger partial charge in [-0.1, -0.05) is 69.2 Å². The van der Waals surface area contributed by atoms with E-state index in [1.54, 1.807) is 32.4 Å². The predicted molar refractivity (Wildman–Crippen MR) is 200 cm³/mol. The van der Waals surface area contributed by atoms with Gasteiger partial charge in [-0.05, 0) is 99.1 Å². The summed E-state index contributed by atoms with van der Waals surface area (Å²) in [6.07, 6.45) is 20.7. The van der Waals surface area contributed by atoms with Crippen LogP contribution in [0, 0.1) is 5.82 Å². The Bertz CT molecular complexity index is 1680. The molecule has 0 aliphatic carbocycles. The van der Waals surface area contributed by atoms with Gasteiger partial charge in [0.2, 0.25) is 5.91 Å². The van der Waals surface area contributed by atoms with Crippen molar-refractivity contribution in [1.29, 1.82) is 0 Å². The van der Waals surface area contributed by atoms with Crippen LogP contribution in [-0.2, 0) is 29.0 Å². The van der Waals surface area contributed by atoms with Gasteiger partial charge in [0.05, 0.1) is 11.0 Å². The molecule has 0 aliphatic heterocycles. The number of nitrogens with zero attached hydrogens (tertiary/aromatic N) is 3. The third kappa shape index (κ3) is 16.3. The van der Waals surface area contributed by atoms with E-state index in [0.29, 0.717) is 42.3 Å². The van der Waals surface area contributed by atoms with E-state index in [1.807, 2.05) is 6.07 Å². The fourth-order valence-electron chi connectivity index (χ4n) is 6.21. The number of aliphatic hydroxyl groups excluding tert-OH is 1. The minimum atomic E-state index is -0.966. The normalized spacial score (nSPS) is 11.2. The van der Waals surface area contributed by atoms with Crippen LogP contribution >= 0.6 is 0 Å². The number of carbonyl (C=O) groups excluding carboxylic acids is 3. The number of aromatic nitrogens is 2. The van der Waals surface area contributed by atoms with Crippen LogP contribution in [0.4, 0.5) is 4.39 Å². The van der Waals surface area contributed by atoms with Gasteiger partial charge in [-0.25, -0.2) is 4.39 Å². The zero-order valence-corrected chi connectivity index (χ0v) is 34.0. The van der Waals surface area contributed by atoms with Crippen LogP contribution in [0.5, 0.6) is 0 Å². The molecule has 2 N–H and O–H groups in total. The van der Waals surface area contributed by atoms with Gasteiger partial charge in [0.15, 0.2) is 0 Å². The molecular weight excluding hydrogens is 686 g/mol. The number of aliphatic hydroxyl groups is 1. The van der Waals surface area contributed by atoms with Crippen molar-refractivity contribution in [3.63, 3.8) is 0 Å². The molecular formula is C41H56FN4NaO6. The number of allylic oxidation sites excluding steroid dienone is 2. The smallest absolute Gasteiger partial charge is 0.550 e. The molecule has 2 amide bonds. The predicted octanol–water partition coefficient (Wildman–Crippen LogP) is 2.64. The zero-order valence-electron chi connectivity index (χ0n) is 32.0. The van der Waals surface area contributed by atoms with E-state index in [9.17, 15) is 33.8 Å². The first-order valence-electron chi connectivity index (χ1n) is 18.8. The van der Waals surface area contributed by atoms with Crippen LogP contribution in [0.2, 0.25) is 0 Å². The van der Waals surface area contributed by atoms with Crippen molar-refractivity contribution in [2.24, 2.45) is 0 Å². The molecule has 2 heterocycles. The number of benzene rings is 1. The second-order valence-electron chi connectivity index (χ2n) is 13.7. The summed E-state index contributed by atoms with van der Waals surface area (Å²) in [7, 11) is 3.22. The second-order valence-corrected chi connectivity index (χ2v) is 13.7. The van der Waals surface area contributed by atoms with Crippen LogP contribution in [0.25, 0.3) is 11.0 Å². The maximum absolute atomic E-state index is 14.1. The minimum absolute atomic E-state index is 0. The maximum atomic E-state index is 14.1. The summed E-state index contributed by atoms with van der Waals surface area (Å²) in [5.41, 5.74) is 2.63. The van der Waals surface area contributed by atoms with E-state index in [2.05, 4.69) is 17.5 Å². The molecule has 284 valence electrons. The number of aryl methyl sites for hydroxylation is 1. The second kappa shape index (κ2) is 25.6. The number of rotatable bonds is 25. The van der Waals surface area contributed by atoms with Crippen molar-refractivity contribution >= 4 is 28.8 Å². The summed E-state index contributed by atoms with van der Waals surface area (Å²) in [5.74, 6) is -2.14. The average molecular weight is 743 g/mol. The number of nitrogens with one attached hydrogen (secondary N) is 1. The fourth-order valence-corrected chi connectivity index (χ4v) is 6.21. The number of fused-ring (bicyclic) bond motifs is 1. The fraction of sp³-hybridized carbons (Fsp3) is 0.537. The molecule has 0 atom stereocenters. The number of carboxylic acid groups (broad SMARTS) is 1. The summed E-state index contributed by atoms with van der Waals surface area (Å²) in [6, 6.07) is 8.02. The van der Waals surface area contributed by atoms with Gasteiger partial charge in [-0.2, -0.15) is 0 Å². The number of amides is 2. The first-order chi connectivity index (χ1) is 25.1. The third-order valence-electron chi connectivity index (χ3n) is 9.19. The topological polar surface area (TPSA) is 145 Å². The zero-order chi connectivity index (χ0) is 37.7. The van der Waals surface area contributed by atoms with Crippen LogP contribution in [-0.4, -0.2) is 64.6 Å². The Morgan fingerprint density at radius 2 is 1.49 bits per heavy atom. The molecule has 0 spiro atoms. The van der Waals surface area contributed by atoms with Crippen LogP contribution in [0.1, 0.15) is 123 Å². The number of hydrogen-bond acceptors (Lipinski definition) is 7. The molecule has 1 aromatic carbocycles. The number of likely N-dealkylation sites (N-methyl/N-ethyl adjacent to an activating group) is 1. The molecule has 0 bridgehead atoms. The Morgan fingerprint density at radius 1 is 0.887 bits per heavy atom. The van der Waals surface area contributed by atoms with Gasteiger partial charge in [-0.3, -0.25) is 23.9 Å². The van der Waals surface area contributed by atoms with Gasteiger partial charge in [0, 0.05) is 39.4 Å². The number of pyridine rings is 2. The standard InChI is InChI=1S/C41H57FN4O6.Na/c1-45(2)36(48)30-46-35-28-32(27-31-21-23-33(42)24-22-31)29-44-39(35)34(38(41(46)52)40(51)43-25-18-26-47)19-16-14-12-10-8-6-4-3-5-7-9-11-13-15-17-20-37(49)50;/h3,5,21-24,28-29,47H,4,6-20,25-27,30H2,1-2H3,(H,43,51)(H,49,50);/q;+1/p-1/b5-3-;. The minimum Gasteiger partial charge on any atom is -0.550 e. The van der Waals surface area contributed by atoms with E-state index in [0.717, 1.165) is 88.2 Å². The van der Waals surface area contributed by atoms with Crippen LogP contribution in [0.15, 0.2) is 53.5 Å². The molecule has 0 aliphatic rings. The Morgan fingerprint density at radius 3 is 2.09 bits per heavy atom. The van der Waals surface area contributed by atoms with Gasteiger partial charge in [-0.15, -0.1) is 0 Å². The summed E-state index contributed by atoms with van der Waals surface area (Å²) in [4.78, 5) is 57.2. The van der Waals surface area contributed by atoms with Crippen molar-refractivity contribution in [3.8, 4) is 0 Å². The Kier molecular flexibility index (Phi) is 22.1.